The van der Waals surface area contributed by atoms with Gasteiger partial charge in [-0.2, -0.15) is 0 Å². The van der Waals surface area contributed by atoms with Crippen molar-refractivity contribution in [3.63, 3.8) is 0 Å². The largest absolute Gasteiger partial charge is 0.425 e. The van der Waals surface area contributed by atoms with Gasteiger partial charge in [-0.1, -0.05) is 48.5 Å². The number of hydrogen-bond donors (Lipinski definition) is 1. The summed E-state index contributed by atoms with van der Waals surface area (Å²) in [6, 6.07) is 17.9. The lowest BCUT2D eigenvalue weighted by molar-refractivity contribution is -0.135. The van der Waals surface area contributed by atoms with Gasteiger partial charge in [-0.3, -0.25) is 0 Å². The predicted molar refractivity (Wildman–Crippen MR) is 70.2 cm³/mol. The molecule has 0 aromatic heterocycles. The van der Waals surface area contributed by atoms with Crippen LogP contribution in [0.4, 0.5) is 0 Å². The van der Waals surface area contributed by atoms with E-state index in [1.807, 2.05) is 48.5 Å². The maximum absolute atomic E-state index is 11.8. The van der Waals surface area contributed by atoms with Crippen molar-refractivity contribution in [3.05, 3.63) is 66.2 Å². The third-order valence-corrected chi connectivity index (χ3v) is 2.56. The van der Waals surface area contributed by atoms with Crippen LogP contribution in [0.3, 0.4) is 0 Å². The van der Waals surface area contributed by atoms with Crippen molar-refractivity contribution >= 4 is 5.97 Å². The van der Waals surface area contributed by atoms with Gasteiger partial charge in [-0.05, 0) is 24.1 Å². The molecule has 0 aliphatic heterocycles. The summed E-state index contributed by atoms with van der Waals surface area (Å²) < 4.78 is 5.18. The Kier molecular flexibility index (Phi) is 4.10. The zero-order valence-corrected chi connectivity index (χ0v) is 9.95. The molecular formula is C15H15NO2. The number of carbonyl (C=O) groups excluding carboxylic acids is 1. The van der Waals surface area contributed by atoms with Crippen LogP contribution in [0.5, 0.6) is 5.75 Å². The minimum absolute atomic E-state index is 0.412. The lowest BCUT2D eigenvalue weighted by Crippen LogP contribution is -2.36. The van der Waals surface area contributed by atoms with Crippen LogP contribution < -0.4 is 10.5 Å². The number of hydrogen-bond acceptors (Lipinski definition) is 3. The van der Waals surface area contributed by atoms with Gasteiger partial charge >= 0.3 is 5.97 Å². The monoisotopic (exact) mass is 241 g/mol. The van der Waals surface area contributed by atoms with Gasteiger partial charge in [0.1, 0.15) is 11.8 Å². The first-order valence-corrected chi connectivity index (χ1v) is 5.82. The van der Waals surface area contributed by atoms with Crippen LogP contribution in [0, 0.1) is 0 Å². The van der Waals surface area contributed by atoms with Gasteiger partial charge in [0.15, 0.2) is 0 Å². The number of carbonyl (C=O) groups is 1. The van der Waals surface area contributed by atoms with Crippen molar-refractivity contribution in [2.45, 2.75) is 12.5 Å². The molecule has 2 rings (SSSR count). The Balaban J connectivity index is 1.93. The van der Waals surface area contributed by atoms with Crippen LogP contribution in [0.1, 0.15) is 5.56 Å². The second-order valence-corrected chi connectivity index (χ2v) is 4.03. The number of nitrogens with two attached hydrogens (primary N) is 1. The topological polar surface area (TPSA) is 52.3 Å². The third kappa shape index (κ3) is 3.43. The highest BCUT2D eigenvalue weighted by atomic mass is 16.5. The lowest BCUT2D eigenvalue weighted by atomic mass is 10.1. The van der Waals surface area contributed by atoms with Crippen molar-refractivity contribution in [1.29, 1.82) is 0 Å². The van der Waals surface area contributed by atoms with Crippen molar-refractivity contribution in [2.24, 2.45) is 5.73 Å². The SMILES string of the molecule is NC(Cc1ccccc1)C(=O)Oc1ccccc1. The molecule has 0 spiro atoms. The van der Waals surface area contributed by atoms with Crippen molar-refractivity contribution in [3.8, 4) is 5.75 Å². The Bertz CT molecular complexity index is 496. The average molecular weight is 241 g/mol. The summed E-state index contributed by atoms with van der Waals surface area (Å²) in [5, 5.41) is 0. The van der Waals surface area contributed by atoms with Crippen LogP contribution in [0.15, 0.2) is 60.7 Å². The molecule has 2 aromatic rings. The maximum atomic E-state index is 11.8. The van der Waals surface area contributed by atoms with E-state index < -0.39 is 12.0 Å². The fourth-order valence-electron chi connectivity index (χ4n) is 1.63. The van der Waals surface area contributed by atoms with Gasteiger partial charge < -0.3 is 10.5 Å². The van der Waals surface area contributed by atoms with Gasteiger partial charge in [-0.25, -0.2) is 4.79 Å². The average Bonchev–Trinajstić information content (AvgIpc) is 2.41. The minimum atomic E-state index is -0.646. The van der Waals surface area contributed by atoms with Crippen molar-refractivity contribution in [2.75, 3.05) is 0 Å². The second kappa shape index (κ2) is 5.98. The van der Waals surface area contributed by atoms with Crippen LogP contribution in [0.25, 0.3) is 0 Å². The predicted octanol–water partition coefficient (Wildman–Crippen LogP) is 2.16. The molecule has 1 atom stereocenters. The summed E-state index contributed by atoms with van der Waals surface area (Å²) in [4.78, 5) is 11.8. The number of rotatable bonds is 4. The molecule has 1 unspecified atom stereocenters. The molecule has 0 bridgehead atoms. The quantitative estimate of drug-likeness (QED) is 0.659. The van der Waals surface area contributed by atoms with Gasteiger partial charge in [0.2, 0.25) is 0 Å². The summed E-state index contributed by atoms with van der Waals surface area (Å²) in [5.74, 6) is 0.107. The summed E-state index contributed by atoms with van der Waals surface area (Å²) in [6.07, 6.45) is 0.479. The molecule has 92 valence electrons. The Labute approximate surface area is 106 Å². The van der Waals surface area contributed by atoms with Crippen LogP contribution >= 0.6 is 0 Å². The first-order chi connectivity index (χ1) is 8.75. The molecule has 2 N–H and O–H groups in total. The Morgan fingerprint density at radius 2 is 1.56 bits per heavy atom. The van der Waals surface area contributed by atoms with Crippen LogP contribution in [0.2, 0.25) is 0 Å². The number of ether oxygens (including phenoxy) is 1. The molecule has 0 amide bonds. The lowest BCUT2D eigenvalue weighted by Gasteiger charge is -2.11. The fourth-order valence-corrected chi connectivity index (χ4v) is 1.63. The van der Waals surface area contributed by atoms with Crippen LogP contribution in [-0.4, -0.2) is 12.0 Å². The molecular weight excluding hydrogens is 226 g/mol. The third-order valence-electron chi connectivity index (χ3n) is 2.56. The van der Waals surface area contributed by atoms with E-state index in [-0.39, 0.29) is 0 Å². The molecule has 3 heteroatoms. The standard InChI is InChI=1S/C15H15NO2/c16-14(11-12-7-3-1-4-8-12)15(17)18-13-9-5-2-6-10-13/h1-10,14H,11,16H2. The highest BCUT2D eigenvalue weighted by Gasteiger charge is 2.16. The van der Waals surface area contributed by atoms with E-state index in [0.717, 1.165) is 5.56 Å². The van der Waals surface area contributed by atoms with E-state index in [1.54, 1.807) is 12.1 Å². The van der Waals surface area contributed by atoms with E-state index in [1.165, 1.54) is 0 Å². The van der Waals surface area contributed by atoms with E-state index in [2.05, 4.69) is 0 Å². The van der Waals surface area contributed by atoms with E-state index >= 15 is 0 Å². The first-order valence-electron chi connectivity index (χ1n) is 5.82. The normalized spacial score (nSPS) is 11.8. The maximum Gasteiger partial charge on any atom is 0.328 e. The molecule has 0 aliphatic carbocycles. The number of para-hydroxylation sites is 1. The molecule has 0 saturated heterocycles. The van der Waals surface area contributed by atoms with Crippen LogP contribution in [-0.2, 0) is 11.2 Å². The molecule has 0 heterocycles. The summed E-state index contributed by atoms with van der Waals surface area (Å²) in [7, 11) is 0. The highest BCUT2D eigenvalue weighted by Crippen LogP contribution is 2.10. The Morgan fingerprint density at radius 3 is 2.17 bits per heavy atom. The summed E-state index contributed by atoms with van der Waals surface area (Å²) in [6.45, 7) is 0. The second-order valence-electron chi connectivity index (χ2n) is 4.03. The molecule has 3 nitrogen and oxygen atoms in total. The van der Waals surface area contributed by atoms with E-state index in [0.29, 0.717) is 12.2 Å². The molecule has 0 radical (unpaired) electrons. The fraction of sp³-hybridized carbons (Fsp3) is 0.133. The van der Waals surface area contributed by atoms with Gasteiger partial charge in [0, 0.05) is 0 Å². The summed E-state index contributed by atoms with van der Waals surface area (Å²) >= 11 is 0. The van der Waals surface area contributed by atoms with Crippen molar-refractivity contribution in [1.82, 2.24) is 0 Å². The highest BCUT2D eigenvalue weighted by molar-refractivity contribution is 5.78. The van der Waals surface area contributed by atoms with Gasteiger partial charge in [-0.15, -0.1) is 0 Å². The molecule has 0 fully saturated rings. The van der Waals surface area contributed by atoms with Gasteiger partial charge in [0.25, 0.3) is 0 Å². The summed E-state index contributed by atoms with van der Waals surface area (Å²) in [5.41, 5.74) is 6.85. The van der Waals surface area contributed by atoms with E-state index in [9.17, 15) is 4.79 Å². The molecule has 0 saturated carbocycles. The Morgan fingerprint density at radius 1 is 1.00 bits per heavy atom. The molecule has 0 aliphatic rings. The van der Waals surface area contributed by atoms with Crippen molar-refractivity contribution < 1.29 is 9.53 Å². The molecule has 2 aromatic carbocycles. The van der Waals surface area contributed by atoms with E-state index in [4.69, 9.17) is 10.5 Å². The first kappa shape index (κ1) is 12.3. The number of benzene rings is 2. The molecule has 18 heavy (non-hydrogen) atoms. The smallest absolute Gasteiger partial charge is 0.328 e. The number of esters is 1. The zero-order valence-electron chi connectivity index (χ0n) is 9.95. The minimum Gasteiger partial charge on any atom is -0.425 e. The van der Waals surface area contributed by atoms with Gasteiger partial charge in [0.05, 0.1) is 0 Å². The zero-order chi connectivity index (χ0) is 12.8. The Hall–Kier alpha value is -2.13.